The van der Waals surface area contributed by atoms with E-state index in [0.717, 1.165) is 12.1 Å². The van der Waals surface area contributed by atoms with Crippen molar-refractivity contribution in [1.29, 1.82) is 0 Å². The third kappa shape index (κ3) is 3.56. The van der Waals surface area contributed by atoms with Crippen molar-refractivity contribution in [2.45, 2.75) is 57.7 Å². The molecule has 1 heterocycles. The summed E-state index contributed by atoms with van der Waals surface area (Å²) in [6.07, 6.45) is 1.11. The highest BCUT2D eigenvalue weighted by Gasteiger charge is 2.48. The summed E-state index contributed by atoms with van der Waals surface area (Å²) in [6.45, 7) is 7.38. The first-order valence-electron chi connectivity index (χ1n) is 7.80. The third-order valence-corrected chi connectivity index (χ3v) is 4.31. The van der Waals surface area contributed by atoms with Gasteiger partial charge < -0.3 is 16.0 Å². The summed E-state index contributed by atoms with van der Waals surface area (Å²) in [5.41, 5.74) is 4.59. The van der Waals surface area contributed by atoms with Crippen LogP contribution in [0.4, 0.5) is 14.5 Å². The van der Waals surface area contributed by atoms with Gasteiger partial charge in [-0.3, -0.25) is 9.59 Å². The Morgan fingerprint density at radius 3 is 2.21 bits per heavy atom. The second kappa shape index (κ2) is 6.12. The van der Waals surface area contributed by atoms with Crippen LogP contribution in [0.1, 0.15) is 40.5 Å². The van der Waals surface area contributed by atoms with E-state index >= 15 is 0 Å². The van der Waals surface area contributed by atoms with Gasteiger partial charge in [0.15, 0.2) is 0 Å². The van der Waals surface area contributed by atoms with Gasteiger partial charge in [0.25, 0.3) is 0 Å². The Morgan fingerprint density at radius 2 is 1.71 bits per heavy atom. The van der Waals surface area contributed by atoms with Gasteiger partial charge in [-0.05, 0) is 52.7 Å². The highest BCUT2D eigenvalue weighted by molar-refractivity contribution is 6.39. The van der Waals surface area contributed by atoms with Crippen molar-refractivity contribution in [3.05, 3.63) is 29.8 Å². The largest absolute Gasteiger partial charge is 0.328 e. The maximum absolute atomic E-state index is 13.7. The molecule has 1 aromatic rings. The Bertz CT molecular complexity index is 656. The number of nitrogens with one attached hydrogen (secondary N) is 1. The molecule has 7 heteroatoms. The zero-order valence-electron chi connectivity index (χ0n) is 14.3. The van der Waals surface area contributed by atoms with Gasteiger partial charge in [0, 0.05) is 23.2 Å². The zero-order chi connectivity index (χ0) is 18.3. The van der Waals surface area contributed by atoms with Crippen molar-refractivity contribution in [2.75, 3.05) is 5.32 Å². The normalized spacial score (nSPS) is 19.9. The van der Waals surface area contributed by atoms with E-state index in [1.807, 2.05) is 27.7 Å². The first-order valence-corrected chi connectivity index (χ1v) is 7.80. The van der Waals surface area contributed by atoms with Crippen LogP contribution in [-0.4, -0.2) is 33.8 Å². The summed E-state index contributed by atoms with van der Waals surface area (Å²) in [7, 11) is 0. The van der Waals surface area contributed by atoms with Crippen LogP contribution >= 0.6 is 0 Å². The lowest BCUT2D eigenvalue weighted by Gasteiger charge is -2.54. The SMILES string of the molecule is CC1(C)CC(N)CC(C)(C)N1C(=O)C(=O)Nc1ccc(F)cc1F. The number of piperidine rings is 1. The third-order valence-electron chi connectivity index (χ3n) is 4.31. The minimum Gasteiger partial charge on any atom is -0.328 e. The number of rotatable bonds is 1. The predicted octanol–water partition coefficient (Wildman–Crippen LogP) is 2.41. The molecule has 0 unspecified atom stereocenters. The number of hydrogen-bond acceptors (Lipinski definition) is 3. The van der Waals surface area contributed by atoms with E-state index in [1.165, 1.54) is 4.90 Å². The van der Waals surface area contributed by atoms with Gasteiger partial charge in [-0.1, -0.05) is 0 Å². The fraction of sp³-hybridized carbons (Fsp3) is 0.529. The molecule has 2 rings (SSSR count). The molecule has 0 atom stereocenters. The van der Waals surface area contributed by atoms with Crippen LogP contribution in [-0.2, 0) is 9.59 Å². The molecule has 0 radical (unpaired) electrons. The van der Waals surface area contributed by atoms with Gasteiger partial charge in [-0.15, -0.1) is 0 Å². The Morgan fingerprint density at radius 1 is 1.17 bits per heavy atom. The summed E-state index contributed by atoms with van der Waals surface area (Å²) in [4.78, 5) is 26.5. The van der Waals surface area contributed by atoms with Crippen molar-refractivity contribution < 1.29 is 18.4 Å². The maximum Gasteiger partial charge on any atom is 0.314 e. The van der Waals surface area contributed by atoms with Crippen LogP contribution in [0.15, 0.2) is 18.2 Å². The number of carbonyl (C=O) groups is 2. The molecule has 1 aliphatic heterocycles. The molecule has 1 saturated heterocycles. The molecule has 0 aromatic heterocycles. The fourth-order valence-corrected chi connectivity index (χ4v) is 3.78. The Kier molecular flexibility index (Phi) is 4.68. The number of benzene rings is 1. The summed E-state index contributed by atoms with van der Waals surface area (Å²) in [5.74, 6) is -3.42. The molecule has 132 valence electrons. The minimum absolute atomic E-state index is 0.0725. The number of amides is 2. The van der Waals surface area contributed by atoms with Crippen LogP contribution in [0, 0.1) is 11.6 Å². The summed E-state index contributed by atoms with van der Waals surface area (Å²) >= 11 is 0. The quantitative estimate of drug-likeness (QED) is 0.772. The van der Waals surface area contributed by atoms with E-state index in [1.54, 1.807) is 0 Å². The van der Waals surface area contributed by atoms with Crippen LogP contribution in [0.5, 0.6) is 0 Å². The van der Waals surface area contributed by atoms with Crippen molar-refractivity contribution in [1.82, 2.24) is 4.90 Å². The summed E-state index contributed by atoms with van der Waals surface area (Å²) in [5, 5.41) is 2.22. The van der Waals surface area contributed by atoms with Crippen molar-refractivity contribution >= 4 is 17.5 Å². The van der Waals surface area contributed by atoms with E-state index in [9.17, 15) is 18.4 Å². The second-order valence-electron chi connectivity index (χ2n) is 7.51. The maximum atomic E-state index is 13.7. The molecular weight excluding hydrogens is 316 g/mol. The lowest BCUT2D eigenvalue weighted by Crippen LogP contribution is -2.66. The molecule has 24 heavy (non-hydrogen) atoms. The Labute approximate surface area is 140 Å². The highest BCUT2D eigenvalue weighted by atomic mass is 19.1. The zero-order valence-corrected chi connectivity index (χ0v) is 14.3. The Balaban J connectivity index is 2.24. The lowest BCUT2D eigenvalue weighted by atomic mass is 9.77. The smallest absolute Gasteiger partial charge is 0.314 e. The Hall–Kier alpha value is -2.02. The fourth-order valence-electron chi connectivity index (χ4n) is 3.78. The number of hydrogen-bond donors (Lipinski definition) is 2. The standard InChI is InChI=1S/C17H23F2N3O2/c1-16(2)8-11(20)9-17(3,4)22(16)15(24)14(23)21-13-6-5-10(18)7-12(13)19/h5-7,11H,8-9,20H2,1-4H3,(H,21,23). The number of anilines is 1. The van der Waals surface area contributed by atoms with E-state index in [0.29, 0.717) is 18.9 Å². The topological polar surface area (TPSA) is 75.4 Å². The number of nitrogens with two attached hydrogens (primary N) is 1. The van der Waals surface area contributed by atoms with E-state index in [2.05, 4.69) is 5.32 Å². The lowest BCUT2D eigenvalue weighted by molar-refractivity contribution is -0.156. The molecule has 0 spiro atoms. The monoisotopic (exact) mass is 339 g/mol. The highest BCUT2D eigenvalue weighted by Crippen LogP contribution is 2.37. The van der Waals surface area contributed by atoms with Crippen molar-refractivity contribution in [3.8, 4) is 0 Å². The molecule has 1 aromatic carbocycles. The van der Waals surface area contributed by atoms with Gasteiger partial charge in [-0.2, -0.15) is 0 Å². The molecule has 3 N–H and O–H groups in total. The van der Waals surface area contributed by atoms with Gasteiger partial charge in [0.05, 0.1) is 5.69 Å². The van der Waals surface area contributed by atoms with Gasteiger partial charge in [0.1, 0.15) is 11.6 Å². The summed E-state index contributed by atoms with van der Waals surface area (Å²) < 4.78 is 26.6. The van der Waals surface area contributed by atoms with Gasteiger partial charge in [-0.25, -0.2) is 8.78 Å². The molecule has 1 aliphatic rings. The van der Waals surface area contributed by atoms with E-state index in [-0.39, 0.29) is 11.7 Å². The number of carbonyl (C=O) groups excluding carboxylic acids is 2. The summed E-state index contributed by atoms with van der Waals surface area (Å²) in [6, 6.07) is 2.67. The van der Waals surface area contributed by atoms with Crippen LogP contribution < -0.4 is 11.1 Å². The minimum atomic E-state index is -0.961. The van der Waals surface area contributed by atoms with Crippen LogP contribution in [0.25, 0.3) is 0 Å². The second-order valence-corrected chi connectivity index (χ2v) is 7.51. The van der Waals surface area contributed by atoms with Gasteiger partial charge >= 0.3 is 11.8 Å². The molecule has 2 amide bonds. The van der Waals surface area contributed by atoms with E-state index < -0.39 is 34.5 Å². The molecule has 5 nitrogen and oxygen atoms in total. The predicted molar refractivity (Wildman–Crippen MR) is 87.2 cm³/mol. The van der Waals surface area contributed by atoms with Crippen LogP contribution in [0.2, 0.25) is 0 Å². The average molecular weight is 339 g/mol. The first-order chi connectivity index (χ1) is 10.9. The van der Waals surface area contributed by atoms with E-state index in [4.69, 9.17) is 5.73 Å². The van der Waals surface area contributed by atoms with Crippen LogP contribution in [0.3, 0.4) is 0 Å². The number of halogens is 2. The first kappa shape index (κ1) is 18.3. The molecular formula is C17H23F2N3O2. The number of likely N-dealkylation sites (tertiary alicyclic amines) is 1. The van der Waals surface area contributed by atoms with Gasteiger partial charge in [0.2, 0.25) is 0 Å². The van der Waals surface area contributed by atoms with Crippen molar-refractivity contribution in [2.24, 2.45) is 5.73 Å². The molecule has 0 aliphatic carbocycles. The van der Waals surface area contributed by atoms with Crippen molar-refractivity contribution in [3.63, 3.8) is 0 Å². The molecule has 0 bridgehead atoms. The molecule has 0 saturated carbocycles. The molecule has 1 fully saturated rings. The number of nitrogens with zero attached hydrogens (tertiary/aromatic N) is 1. The average Bonchev–Trinajstić information content (AvgIpc) is 2.38.